The van der Waals surface area contributed by atoms with E-state index in [-0.39, 0.29) is 11.9 Å². The molecule has 0 spiro atoms. The summed E-state index contributed by atoms with van der Waals surface area (Å²) < 4.78 is 0. The van der Waals surface area contributed by atoms with Crippen LogP contribution in [-0.2, 0) is 11.3 Å². The summed E-state index contributed by atoms with van der Waals surface area (Å²) >= 11 is 0. The van der Waals surface area contributed by atoms with Crippen LogP contribution in [0, 0.1) is 5.92 Å². The summed E-state index contributed by atoms with van der Waals surface area (Å²) in [5.41, 5.74) is 1.68. The Balaban J connectivity index is 1.80. The summed E-state index contributed by atoms with van der Waals surface area (Å²) in [6.07, 6.45) is 5.11. The van der Waals surface area contributed by atoms with Gasteiger partial charge >= 0.3 is 6.03 Å². The van der Waals surface area contributed by atoms with Gasteiger partial charge in [0.05, 0.1) is 6.54 Å². The highest BCUT2D eigenvalue weighted by atomic mass is 16.2. The van der Waals surface area contributed by atoms with E-state index in [0.29, 0.717) is 31.6 Å². The van der Waals surface area contributed by atoms with E-state index in [2.05, 4.69) is 34.7 Å². The minimum atomic E-state index is -0.155. The highest BCUT2D eigenvalue weighted by Gasteiger charge is 2.23. The number of carbonyl (C=O) groups is 2. The van der Waals surface area contributed by atoms with Gasteiger partial charge in [-0.05, 0) is 63.6 Å². The van der Waals surface area contributed by atoms with Gasteiger partial charge in [-0.25, -0.2) is 4.79 Å². The van der Waals surface area contributed by atoms with Gasteiger partial charge in [0.2, 0.25) is 5.91 Å². The fourth-order valence-corrected chi connectivity index (χ4v) is 3.90. The maximum atomic E-state index is 12.4. The lowest BCUT2D eigenvalue weighted by Crippen LogP contribution is -2.49. The molecule has 2 rings (SSSR count). The number of rotatable bonds is 9. The van der Waals surface area contributed by atoms with Crippen molar-refractivity contribution >= 4 is 17.6 Å². The van der Waals surface area contributed by atoms with Crippen molar-refractivity contribution in [2.45, 2.75) is 52.1 Å². The summed E-state index contributed by atoms with van der Waals surface area (Å²) in [4.78, 5) is 28.6. The van der Waals surface area contributed by atoms with Crippen molar-refractivity contribution in [3.8, 4) is 0 Å². The number of benzene rings is 1. The third-order valence-electron chi connectivity index (χ3n) is 5.47. The summed E-state index contributed by atoms with van der Waals surface area (Å²) in [6, 6.07) is 7.78. The Bertz CT molecular complexity index is 669. The first-order valence-electron chi connectivity index (χ1n) is 11.1. The summed E-state index contributed by atoms with van der Waals surface area (Å²) in [7, 11) is 3.71. The Morgan fingerprint density at radius 1 is 1.07 bits per heavy atom. The Kier molecular flexibility index (Phi) is 10.1. The molecule has 1 aromatic carbocycles. The monoisotopic (exact) mass is 417 g/mol. The standard InChI is InChI=1S/C23H39N5O2/c1-18(2)21(28-12-7-5-6-8-13-28)16-25-23(30)24-15-19-10-9-11-20(14-19)26-22(29)17-27(3)4/h9-11,14,18,21H,5-8,12-13,15-17H2,1-4H3,(H,26,29)(H2,24,25,30). The second-order valence-electron chi connectivity index (χ2n) is 8.81. The normalized spacial score (nSPS) is 16.2. The number of nitrogens with zero attached hydrogens (tertiary/aromatic N) is 2. The summed E-state index contributed by atoms with van der Waals surface area (Å²) in [5.74, 6) is 0.432. The molecular weight excluding hydrogens is 378 g/mol. The lowest BCUT2D eigenvalue weighted by Gasteiger charge is -2.33. The van der Waals surface area contributed by atoms with E-state index in [4.69, 9.17) is 0 Å². The second-order valence-corrected chi connectivity index (χ2v) is 8.81. The number of likely N-dealkylation sites (N-methyl/N-ethyl adjacent to an activating group) is 1. The molecule has 1 aliphatic rings. The van der Waals surface area contributed by atoms with Crippen LogP contribution in [0.2, 0.25) is 0 Å². The van der Waals surface area contributed by atoms with E-state index in [1.54, 1.807) is 0 Å². The Morgan fingerprint density at radius 2 is 1.77 bits per heavy atom. The smallest absolute Gasteiger partial charge is 0.315 e. The van der Waals surface area contributed by atoms with Crippen LogP contribution >= 0.6 is 0 Å². The Morgan fingerprint density at radius 3 is 2.40 bits per heavy atom. The zero-order valence-electron chi connectivity index (χ0n) is 19.0. The van der Waals surface area contributed by atoms with Crippen LogP contribution in [0.3, 0.4) is 0 Å². The number of likely N-dealkylation sites (tertiary alicyclic amines) is 1. The number of carbonyl (C=O) groups excluding carboxylic acids is 2. The molecule has 7 nitrogen and oxygen atoms in total. The quantitative estimate of drug-likeness (QED) is 0.577. The van der Waals surface area contributed by atoms with Gasteiger partial charge in [0.15, 0.2) is 0 Å². The van der Waals surface area contributed by atoms with Crippen molar-refractivity contribution in [2.75, 3.05) is 45.6 Å². The van der Waals surface area contributed by atoms with Gasteiger partial charge in [-0.15, -0.1) is 0 Å². The van der Waals surface area contributed by atoms with Gasteiger partial charge in [-0.3, -0.25) is 9.69 Å². The minimum Gasteiger partial charge on any atom is -0.337 e. The van der Waals surface area contributed by atoms with Crippen molar-refractivity contribution in [3.05, 3.63) is 29.8 Å². The number of anilines is 1. The van der Waals surface area contributed by atoms with E-state index in [1.807, 2.05) is 43.3 Å². The van der Waals surface area contributed by atoms with Crippen molar-refractivity contribution in [1.29, 1.82) is 0 Å². The van der Waals surface area contributed by atoms with Crippen LogP contribution in [0.25, 0.3) is 0 Å². The molecule has 0 bridgehead atoms. The largest absolute Gasteiger partial charge is 0.337 e. The van der Waals surface area contributed by atoms with Gasteiger partial charge in [-0.1, -0.05) is 38.8 Å². The molecule has 7 heteroatoms. The van der Waals surface area contributed by atoms with Crippen LogP contribution in [0.15, 0.2) is 24.3 Å². The van der Waals surface area contributed by atoms with Crippen molar-refractivity contribution < 1.29 is 9.59 Å². The van der Waals surface area contributed by atoms with Crippen LogP contribution in [0.5, 0.6) is 0 Å². The molecule has 1 heterocycles. The van der Waals surface area contributed by atoms with Gasteiger partial charge < -0.3 is 20.9 Å². The van der Waals surface area contributed by atoms with E-state index in [1.165, 1.54) is 25.7 Å². The second kappa shape index (κ2) is 12.5. The average molecular weight is 418 g/mol. The molecule has 3 N–H and O–H groups in total. The molecule has 3 amide bonds. The van der Waals surface area contributed by atoms with E-state index in [0.717, 1.165) is 24.3 Å². The predicted molar refractivity (Wildman–Crippen MR) is 123 cm³/mol. The van der Waals surface area contributed by atoms with Crippen LogP contribution in [0.1, 0.15) is 45.1 Å². The molecule has 1 fully saturated rings. The van der Waals surface area contributed by atoms with E-state index >= 15 is 0 Å². The van der Waals surface area contributed by atoms with Gasteiger partial charge in [0, 0.05) is 24.8 Å². The molecule has 0 aliphatic carbocycles. The minimum absolute atomic E-state index is 0.0592. The average Bonchev–Trinajstić information content (AvgIpc) is 2.95. The Labute approximate surface area is 181 Å². The number of hydrogen-bond acceptors (Lipinski definition) is 4. The van der Waals surface area contributed by atoms with Crippen LogP contribution in [-0.4, -0.2) is 68.1 Å². The van der Waals surface area contributed by atoms with Gasteiger partial charge in [0.25, 0.3) is 0 Å². The first-order valence-corrected chi connectivity index (χ1v) is 11.1. The fourth-order valence-electron chi connectivity index (χ4n) is 3.90. The Hall–Kier alpha value is -2.12. The highest BCUT2D eigenvalue weighted by Crippen LogP contribution is 2.17. The lowest BCUT2D eigenvalue weighted by atomic mass is 10.0. The molecule has 1 aliphatic heterocycles. The maximum Gasteiger partial charge on any atom is 0.315 e. The zero-order chi connectivity index (χ0) is 21.9. The van der Waals surface area contributed by atoms with E-state index < -0.39 is 0 Å². The molecule has 0 saturated carbocycles. The molecule has 30 heavy (non-hydrogen) atoms. The maximum absolute atomic E-state index is 12.4. The number of urea groups is 1. The van der Waals surface area contributed by atoms with E-state index in [9.17, 15) is 9.59 Å². The number of hydrogen-bond donors (Lipinski definition) is 3. The van der Waals surface area contributed by atoms with Crippen molar-refractivity contribution in [2.24, 2.45) is 5.92 Å². The topological polar surface area (TPSA) is 76.7 Å². The van der Waals surface area contributed by atoms with Gasteiger partial charge in [-0.2, -0.15) is 0 Å². The molecule has 1 atom stereocenters. The molecule has 168 valence electrons. The molecule has 0 radical (unpaired) electrons. The zero-order valence-corrected chi connectivity index (χ0v) is 19.0. The summed E-state index contributed by atoms with van der Waals surface area (Å²) in [5, 5.41) is 8.87. The van der Waals surface area contributed by atoms with Crippen molar-refractivity contribution in [1.82, 2.24) is 20.4 Å². The molecule has 1 aromatic rings. The SMILES string of the molecule is CC(C)C(CNC(=O)NCc1cccc(NC(=O)CN(C)C)c1)N1CCCCCC1. The first-order chi connectivity index (χ1) is 14.3. The third kappa shape index (κ3) is 8.71. The number of amides is 3. The van der Waals surface area contributed by atoms with Crippen molar-refractivity contribution in [3.63, 3.8) is 0 Å². The fraction of sp³-hybridized carbons (Fsp3) is 0.652. The molecule has 1 unspecified atom stereocenters. The molecule has 0 aromatic heterocycles. The lowest BCUT2D eigenvalue weighted by molar-refractivity contribution is -0.116. The van der Waals surface area contributed by atoms with Crippen LogP contribution in [0.4, 0.5) is 10.5 Å². The van der Waals surface area contributed by atoms with Crippen LogP contribution < -0.4 is 16.0 Å². The molecular formula is C23H39N5O2. The summed E-state index contributed by atoms with van der Waals surface area (Å²) in [6.45, 7) is 8.11. The predicted octanol–water partition coefficient (Wildman–Crippen LogP) is 2.89. The molecule has 1 saturated heterocycles. The third-order valence-corrected chi connectivity index (χ3v) is 5.47. The number of nitrogens with one attached hydrogen (secondary N) is 3. The first kappa shape index (κ1) is 24.2. The van der Waals surface area contributed by atoms with Gasteiger partial charge in [0.1, 0.15) is 0 Å². The highest BCUT2D eigenvalue weighted by molar-refractivity contribution is 5.92.